The summed E-state index contributed by atoms with van der Waals surface area (Å²) in [6.07, 6.45) is 1.26. The van der Waals surface area contributed by atoms with Gasteiger partial charge in [0.05, 0.1) is 17.1 Å². The molecule has 0 aliphatic carbocycles. The van der Waals surface area contributed by atoms with Crippen molar-refractivity contribution in [1.82, 2.24) is 24.3 Å². The fraction of sp³-hybridized carbons (Fsp3) is 0.381. The number of benzene rings is 1. The van der Waals surface area contributed by atoms with Gasteiger partial charge in [-0.3, -0.25) is 9.89 Å². The zero-order chi connectivity index (χ0) is 22.2. The number of nitrogens with zero attached hydrogens (tertiary/aromatic N) is 4. The first kappa shape index (κ1) is 21.4. The molecule has 0 amide bonds. The molecule has 1 saturated heterocycles. The molecule has 31 heavy (non-hydrogen) atoms. The van der Waals surface area contributed by atoms with Gasteiger partial charge in [-0.05, 0) is 62.9 Å². The molecule has 0 atom stereocenters. The molecule has 3 aromatic rings. The summed E-state index contributed by atoms with van der Waals surface area (Å²) in [6, 6.07) is 9.02. The Morgan fingerprint density at radius 2 is 1.77 bits per heavy atom. The minimum atomic E-state index is -3.61. The van der Waals surface area contributed by atoms with Crippen molar-refractivity contribution in [1.29, 1.82) is 0 Å². The molecule has 1 aliphatic heterocycles. The lowest BCUT2D eigenvalue weighted by atomic mass is 9.98. The highest BCUT2D eigenvalue weighted by Crippen LogP contribution is 2.27. The van der Waals surface area contributed by atoms with Gasteiger partial charge in [-0.15, -0.1) is 0 Å². The second-order valence-electron chi connectivity index (χ2n) is 7.86. The van der Waals surface area contributed by atoms with Gasteiger partial charge in [0.25, 0.3) is 5.56 Å². The van der Waals surface area contributed by atoms with Crippen LogP contribution in [0.1, 0.15) is 24.2 Å². The average molecular weight is 446 g/mol. The maximum absolute atomic E-state index is 13.2. The summed E-state index contributed by atoms with van der Waals surface area (Å²) >= 11 is 0. The first-order valence-electron chi connectivity index (χ1n) is 10.1. The number of rotatable bonds is 5. The summed E-state index contributed by atoms with van der Waals surface area (Å²) in [5.41, 5.74) is 2.10. The van der Waals surface area contributed by atoms with E-state index in [2.05, 4.69) is 15.3 Å². The van der Waals surface area contributed by atoms with Crippen LogP contribution in [0.3, 0.4) is 0 Å². The third kappa shape index (κ3) is 4.31. The highest BCUT2D eigenvalue weighted by molar-refractivity contribution is 7.89. The highest BCUT2D eigenvalue weighted by Gasteiger charge is 2.33. The number of hydrogen-bond acceptors (Lipinski definition) is 5. The molecule has 8 nitrogen and oxygen atoms in total. The molecule has 4 rings (SSSR count). The Bertz CT molecular complexity index is 1220. The lowest BCUT2D eigenvalue weighted by molar-refractivity contribution is 0.244. The Hall–Kier alpha value is -2.85. The van der Waals surface area contributed by atoms with Crippen molar-refractivity contribution in [2.45, 2.75) is 38.1 Å². The molecule has 1 N–H and O–H groups in total. The van der Waals surface area contributed by atoms with E-state index in [0.717, 1.165) is 5.56 Å². The molecule has 3 heterocycles. The van der Waals surface area contributed by atoms with Crippen molar-refractivity contribution >= 4 is 10.0 Å². The van der Waals surface area contributed by atoms with E-state index in [1.54, 1.807) is 32.0 Å². The van der Waals surface area contributed by atoms with Gasteiger partial charge in [-0.2, -0.15) is 14.5 Å². The minimum absolute atomic E-state index is 0.131. The van der Waals surface area contributed by atoms with E-state index in [1.807, 2.05) is 0 Å². The zero-order valence-electron chi connectivity index (χ0n) is 17.4. The molecule has 1 aromatic carbocycles. The number of aromatic amines is 1. The molecule has 10 heteroatoms. The van der Waals surface area contributed by atoms with E-state index in [4.69, 9.17) is 0 Å². The number of aryl methyl sites for hydroxylation is 2. The number of halogens is 1. The molecule has 0 saturated carbocycles. The van der Waals surface area contributed by atoms with E-state index in [0.29, 0.717) is 49.6 Å². The number of aromatic nitrogens is 4. The van der Waals surface area contributed by atoms with E-state index in [-0.39, 0.29) is 22.2 Å². The summed E-state index contributed by atoms with van der Waals surface area (Å²) in [6.45, 7) is 4.54. The Balaban J connectivity index is 1.46. The Morgan fingerprint density at radius 3 is 2.39 bits per heavy atom. The summed E-state index contributed by atoms with van der Waals surface area (Å²) in [4.78, 5) is 12.6. The SMILES string of the molecule is Cc1n[nH]c(C)c1S(=O)(=O)N1CCC(Cn2nc(-c3ccc(F)cc3)ccc2=O)CC1. The van der Waals surface area contributed by atoms with Gasteiger partial charge in [-0.1, -0.05) is 0 Å². The van der Waals surface area contributed by atoms with Crippen LogP contribution in [0.15, 0.2) is 46.1 Å². The third-order valence-electron chi connectivity index (χ3n) is 5.67. The van der Waals surface area contributed by atoms with Crippen LogP contribution in [0.25, 0.3) is 11.3 Å². The van der Waals surface area contributed by atoms with Crippen molar-refractivity contribution in [3.05, 3.63) is 64.0 Å². The van der Waals surface area contributed by atoms with Crippen LogP contribution in [-0.2, 0) is 16.6 Å². The largest absolute Gasteiger partial charge is 0.281 e. The fourth-order valence-corrected chi connectivity index (χ4v) is 5.78. The summed E-state index contributed by atoms with van der Waals surface area (Å²) < 4.78 is 42.1. The van der Waals surface area contributed by atoms with Crippen molar-refractivity contribution < 1.29 is 12.8 Å². The van der Waals surface area contributed by atoms with Crippen LogP contribution in [0.4, 0.5) is 4.39 Å². The van der Waals surface area contributed by atoms with Crippen LogP contribution in [0.2, 0.25) is 0 Å². The highest BCUT2D eigenvalue weighted by atomic mass is 32.2. The zero-order valence-corrected chi connectivity index (χ0v) is 18.2. The van der Waals surface area contributed by atoms with Gasteiger partial charge in [0.2, 0.25) is 10.0 Å². The average Bonchev–Trinajstić information content (AvgIpc) is 3.09. The van der Waals surface area contributed by atoms with Crippen molar-refractivity contribution in [2.24, 2.45) is 5.92 Å². The number of nitrogens with one attached hydrogen (secondary N) is 1. The maximum Gasteiger partial charge on any atom is 0.266 e. The molecule has 0 bridgehead atoms. The van der Waals surface area contributed by atoms with Crippen molar-refractivity contribution in [2.75, 3.05) is 13.1 Å². The van der Waals surface area contributed by atoms with E-state index in [9.17, 15) is 17.6 Å². The Kier molecular flexibility index (Phi) is 5.76. The fourth-order valence-electron chi connectivity index (χ4n) is 3.98. The summed E-state index contributed by atoms with van der Waals surface area (Å²) in [7, 11) is -3.61. The van der Waals surface area contributed by atoms with E-state index >= 15 is 0 Å². The van der Waals surface area contributed by atoms with Gasteiger partial charge in [0, 0.05) is 31.3 Å². The van der Waals surface area contributed by atoms with Gasteiger partial charge >= 0.3 is 0 Å². The second-order valence-corrected chi connectivity index (χ2v) is 9.73. The second kappa shape index (κ2) is 8.35. The molecular formula is C21H24FN5O3S. The molecule has 1 fully saturated rings. The van der Waals surface area contributed by atoms with Crippen molar-refractivity contribution in [3.8, 4) is 11.3 Å². The standard InChI is InChI=1S/C21H24FN5O3S/c1-14-21(15(2)24-23-14)31(29,30)26-11-9-16(10-12-26)13-27-20(28)8-7-19(25-27)17-3-5-18(22)6-4-17/h3-8,16H,9-13H2,1-2H3,(H,23,24). The number of hydrogen-bond donors (Lipinski definition) is 1. The van der Waals surface area contributed by atoms with Crippen LogP contribution in [-0.4, -0.2) is 45.8 Å². The third-order valence-corrected chi connectivity index (χ3v) is 7.83. The first-order chi connectivity index (χ1) is 14.8. The number of piperidine rings is 1. The smallest absolute Gasteiger partial charge is 0.266 e. The monoisotopic (exact) mass is 445 g/mol. The maximum atomic E-state index is 13.2. The predicted molar refractivity (Wildman–Crippen MR) is 113 cm³/mol. The Morgan fingerprint density at radius 1 is 1.10 bits per heavy atom. The minimum Gasteiger partial charge on any atom is -0.281 e. The molecule has 1 aliphatic rings. The molecule has 0 unspecified atom stereocenters. The van der Waals surface area contributed by atoms with E-state index in [1.165, 1.54) is 27.2 Å². The molecule has 0 radical (unpaired) electrons. The van der Waals surface area contributed by atoms with Crippen LogP contribution in [0, 0.1) is 25.6 Å². The molecule has 164 valence electrons. The molecular weight excluding hydrogens is 421 g/mol. The Labute approximate surface area is 179 Å². The lowest BCUT2D eigenvalue weighted by Crippen LogP contribution is -2.40. The quantitative estimate of drug-likeness (QED) is 0.650. The molecule has 0 spiro atoms. The van der Waals surface area contributed by atoms with Gasteiger partial charge < -0.3 is 0 Å². The topological polar surface area (TPSA) is 101 Å². The normalized spacial score (nSPS) is 16.0. The van der Waals surface area contributed by atoms with Crippen LogP contribution in [0.5, 0.6) is 0 Å². The molecule has 2 aromatic heterocycles. The van der Waals surface area contributed by atoms with E-state index < -0.39 is 10.0 Å². The van der Waals surface area contributed by atoms with Gasteiger partial charge in [-0.25, -0.2) is 17.5 Å². The predicted octanol–water partition coefficient (Wildman–Crippen LogP) is 2.49. The number of H-pyrrole nitrogens is 1. The number of sulfonamides is 1. The first-order valence-corrected chi connectivity index (χ1v) is 11.6. The van der Waals surface area contributed by atoms with Gasteiger partial charge in [0.15, 0.2) is 0 Å². The van der Waals surface area contributed by atoms with Crippen LogP contribution < -0.4 is 5.56 Å². The van der Waals surface area contributed by atoms with Crippen molar-refractivity contribution in [3.63, 3.8) is 0 Å². The summed E-state index contributed by atoms with van der Waals surface area (Å²) in [5, 5.41) is 11.2. The summed E-state index contributed by atoms with van der Waals surface area (Å²) in [5.74, 6) is -0.203. The lowest BCUT2D eigenvalue weighted by Gasteiger charge is -2.31. The van der Waals surface area contributed by atoms with Gasteiger partial charge in [0.1, 0.15) is 10.7 Å². The van der Waals surface area contributed by atoms with Crippen LogP contribution >= 0.6 is 0 Å².